The molecule has 0 aliphatic rings. The quantitative estimate of drug-likeness (QED) is 0.346. The van der Waals surface area contributed by atoms with E-state index in [1.54, 1.807) is 13.3 Å². The van der Waals surface area contributed by atoms with Crippen molar-refractivity contribution >= 4 is 23.5 Å². The van der Waals surface area contributed by atoms with Gasteiger partial charge < -0.3 is 15.2 Å². The largest absolute Gasteiger partial charge is 0.493 e. The van der Waals surface area contributed by atoms with Gasteiger partial charge in [-0.15, -0.1) is 0 Å². The molecule has 1 aromatic carbocycles. The average molecular weight is 281 g/mol. The molecule has 0 saturated carbocycles. The van der Waals surface area contributed by atoms with Gasteiger partial charge in [0, 0.05) is 5.56 Å². The third-order valence-corrected chi connectivity index (χ3v) is 2.44. The minimum atomic E-state index is 0.118. The van der Waals surface area contributed by atoms with E-state index in [1.807, 2.05) is 18.2 Å². The molecule has 0 amide bonds. The lowest BCUT2D eigenvalue weighted by Crippen LogP contribution is -2.24. The molecule has 0 radical (unpaired) electrons. The van der Waals surface area contributed by atoms with Crippen LogP contribution < -0.4 is 20.6 Å². The molecule has 104 valence electrons. The first-order valence-corrected chi connectivity index (χ1v) is 6.48. The van der Waals surface area contributed by atoms with Crippen molar-refractivity contribution in [3.63, 3.8) is 0 Å². The number of hydrogen-bond acceptors (Lipinski definition) is 4. The average Bonchev–Trinajstić information content (AvgIpc) is 2.39. The number of nitrogens with one attached hydrogen (secondary N) is 1. The molecule has 0 unspecified atom stereocenters. The number of rotatable bonds is 7. The Morgan fingerprint density at radius 3 is 2.95 bits per heavy atom. The number of benzene rings is 1. The molecule has 0 bridgehead atoms. The van der Waals surface area contributed by atoms with Gasteiger partial charge in [-0.05, 0) is 30.8 Å². The summed E-state index contributed by atoms with van der Waals surface area (Å²) in [5, 5.41) is 4.05. The van der Waals surface area contributed by atoms with Crippen LogP contribution in [0.15, 0.2) is 23.3 Å². The molecule has 0 aliphatic heterocycles. The minimum absolute atomic E-state index is 0.118. The summed E-state index contributed by atoms with van der Waals surface area (Å²) in [5.74, 6) is 1.35. The van der Waals surface area contributed by atoms with Gasteiger partial charge in [0.05, 0.1) is 19.9 Å². The summed E-state index contributed by atoms with van der Waals surface area (Å²) in [6.07, 6.45) is 3.66. The fourth-order valence-electron chi connectivity index (χ4n) is 1.43. The van der Waals surface area contributed by atoms with Gasteiger partial charge in [0.2, 0.25) is 0 Å². The van der Waals surface area contributed by atoms with E-state index >= 15 is 0 Å². The molecule has 0 aliphatic carbocycles. The van der Waals surface area contributed by atoms with Crippen LogP contribution in [0.1, 0.15) is 25.3 Å². The van der Waals surface area contributed by atoms with Crippen LogP contribution in [0.5, 0.6) is 11.5 Å². The second-order valence-corrected chi connectivity index (χ2v) is 4.25. The maximum atomic E-state index is 5.75. The maximum Gasteiger partial charge on any atom is 0.184 e. The van der Waals surface area contributed by atoms with Gasteiger partial charge in [0.1, 0.15) is 0 Å². The Labute approximate surface area is 118 Å². The van der Waals surface area contributed by atoms with Gasteiger partial charge in [0.15, 0.2) is 16.6 Å². The Morgan fingerprint density at radius 2 is 2.32 bits per heavy atom. The second-order valence-electron chi connectivity index (χ2n) is 3.81. The summed E-state index contributed by atoms with van der Waals surface area (Å²) in [7, 11) is 1.61. The van der Waals surface area contributed by atoms with Crippen LogP contribution in [0.3, 0.4) is 0 Å². The highest BCUT2D eigenvalue weighted by atomic mass is 32.1. The third-order valence-electron chi connectivity index (χ3n) is 2.35. The molecule has 1 rings (SSSR count). The van der Waals surface area contributed by atoms with E-state index in [9.17, 15) is 0 Å². The van der Waals surface area contributed by atoms with Crippen LogP contribution in [0.25, 0.3) is 0 Å². The lowest BCUT2D eigenvalue weighted by atomic mass is 10.2. The van der Waals surface area contributed by atoms with E-state index in [0.717, 1.165) is 18.4 Å². The van der Waals surface area contributed by atoms with Crippen molar-refractivity contribution < 1.29 is 9.47 Å². The highest BCUT2D eigenvalue weighted by Gasteiger charge is 2.08. The van der Waals surface area contributed by atoms with E-state index in [1.165, 1.54) is 0 Å². The monoisotopic (exact) mass is 281 g/mol. The molecule has 0 heterocycles. The molecule has 0 spiro atoms. The number of ether oxygens (including phenoxy) is 2. The molecular weight excluding hydrogens is 262 g/mol. The van der Waals surface area contributed by atoms with Crippen LogP contribution in [-0.4, -0.2) is 25.0 Å². The Hall–Kier alpha value is -1.82. The summed E-state index contributed by atoms with van der Waals surface area (Å²) >= 11 is 4.68. The van der Waals surface area contributed by atoms with Gasteiger partial charge in [-0.25, -0.2) is 0 Å². The van der Waals surface area contributed by atoms with Gasteiger partial charge in [-0.2, -0.15) is 5.10 Å². The molecule has 3 N–H and O–H groups in total. The zero-order chi connectivity index (χ0) is 14.1. The Kier molecular flexibility index (Phi) is 6.67. The summed E-state index contributed by atoms with van der Waals surface area (Å²) in [4.78, 5) is 0. The maximum absolute atomic E-state index is 5.75. The van der Waals surface area contributed by atoms with Gasteiger partial charge >= 0.3 is 0 Å². The Morgan fingerprint density at radius 1 is 1.53 bits per heavy atom. The number of para-hydroxylation sites is 1. The summed E-state index contributed by atoms with van der Waals surface area (Å²) in [6, 6.07) is 5.60. The molecule has 5 nitrogen and oxygen atoms in total. The topological polar surface area (TPSA) is 68.9 Å². The van der Waals surface area contributed by atoms with Crippen LogP contribution in [0, 0.1) is 0 Å². The molecule has 0 atom stereocenters. The number of thiocarbonyl (C=S) groups is 1. The highest BCUT2D eigenvalue weighted by molar-refractivity contribution is 7.80. The molecule has 19 heavy (non-hydrogen) atoms. The number of methoxy groups -OCH3 is 1. The summed E-state index contributed by atoms with van der Waals surface area (Å²) in [6.45, 7) is 2.75. The number of unbranched alkanes of at least 4 members (excludes halogenated alkanes) is 1. The van der Waals surface area contributed by atoms with Gasteiger partial charge in [0.25, 0.3) is 0 Å². The number of nitrogens with zero attached hydrogens (tertiary/aromatic N) is 1. The van der Waals surface area contributed by atoms with Crippen molar-refractivity contribution in [3.05, 3.63) is 23.8 Å². The standard InChI is InChI=1S/C13H19N3O2S/c1-3-4-8-18-12-10(9-15-16-13(14)19)6-5-7-11(12)17-2/h5-7,9H,3-4,8H2,1-2H3,(H3,14,16,19). The third kappa shape index (κ3) is 5.13. The van der Waals surface area contributed by atoms with Crippen LogP contribution >= 0.6 is 12.2 Å². The molecule has 1 aromatic rings. The van der Waals surface area contributed by atoms with E-state index < -0.39 is 0 Å². The smallest absolute Gasteiger partial charge is 0.184 e. The predicted octanol–water partition coefficient (Wildman–Crippen LogP) is 2.04. The first-order chi connectivity index (χ1) is 9.19. The van der Waals surface area contributed by atoms with E-state index in [0.29, 0.717) is 18.1 Å². The van der Waals surface area contributed by atoms with Crippen molar-refractivity contribution in [3.8, 4) is 11.5 Å². The molecular formula is C13H19N3O2S. The molecule has 0 saturated heterocycles. The van der Waals surface area contributed by atoms with Gasteiger partial charge in [-0.3, -0.25) is 5.43 Å². The zero-order valence-electron chi connectivity index (χ0n) is 11.2. The number of hydrazone groups is 1. The molecule has 6 heteroatoms. The molecule has 0 aromatic heterocycles. The normalized spacial score (nSPS) is 10.4. The summed E-state index contributed by atoms with van der Waals surface area (Å²) < 4.78 is 11.0. The fraction of sp³-hybridized carbons (Fsp3) is 0.385. The van der Waals surface area contributed by atoms with Crippen molar-refractivity contribution in [2.75, 3.05) is 13.7 Å². The second kappa shape index (κ2) is 8.31. The Bertz CT molecular complexity index is 450. The van der Waals surface area contributed by atoms with Gasteiger partial charge in [-0.1, -0.05) is 19.4 Å². The SMILES string of the molecule is CCCCOc1c(C=NNC(N)=S)cccc1OC. The lowest BCUT2D eigenvalue weighted by Gasteiger charge is -2.12. The van der Waals surface area contributed by atoms with Crippen molar-refractivity contribution in [1.82, 2.24) is 5.43 Å². The fourth-order valence-corrected chi connectivity index (χ4v) is 1.49. The Balaban J connectivity index is 2.88. The first kappa shape index (κ1) is 15.2. The predicted molar refractivity (Wildman–Crippen MR) is 80.9 cm³/mol. The van der Waals surface area contributed by atoms with E-state index in [2.05, 4.69) is 29.7 Å². The van der Waals surface area contributed by atoms with Crippen molar-refractivity contribution in [2.24, 2.45) is 10.8 Å². The van der Waals surface area contributed by atoms with Crippen LogP contribution in [0.2, 0.25) is 0 Å². The number of hydrogen-bond donors (Lipinski definition) is 2. The summed E-state index contributed by atoms with van der Waals surface area (Å²) in [5.41, 5.74) is 8.61. The van der Waals surface area contributed by atoms with Crippen LogP contribution in [-0.2, 0) is 0 Å². The molecule has 0 fully saturated rings. The first-order valence-electron chi connectivity index (χ1n) is 6.07. The zero-order valence-corrected chi connectivity index (χ0v) is 12.0. The van der Waals surface area contributed by atoms with Crippen molar-refractivity contribution in [1.29, 1.82) is 0 Å². The van der Waals surface area contributed by atoms with E-state index in [-0.39, 0.29) is 5.11 Å². The number of nitrogens with two attached hydrogens (primary N) is 1. The lowest BCUT2D eigenvalue weighted by molar-refractivity contribution is 0.288. The van der Waals surface area contributed by atoms with Crippen molar-refractivity contribution in [2.45, 2.75) is 19.8 Å². The van der Waals surface area contributed by atoms with Crippen LogP contribution in [0.4, 0.5) is 0 Å². The van der Waals surface area contributed by atoms with E-state index in [4.69, 9.17) is 15.2 Å². The highest BCUT2D eigenvalue weighted by Crippen LogP contribution is 2.30. The minimum Gasteiger partial charge on any atom is -0.493 e.